The van der Waals surface area contributed by atoms with Crippen LogP contribution in [0, 0.1) is 0 Å². The van der Waals surface area contributed by atoms with E-state index in [1.54, 1.807) is 14.2 Å². The SMILES string of the molecule is C=CCc1cc(CNC(C(N)=O)c2ccccc2)cc(OC)c1OC. The van der Waals surface area contributed by atoms with Crippen LogP contribution in [0.1, 0.15) is 22.7 Å². The van der Waals surface area contributed by atoms with Crippen LogP contribution in [0.15, 0.2) is 55.1 Å². The van der Waals surface area contributed by atoms with E-state index in [-0.39, 0.29) is 0 Å². The Labute approximate surface area is 148 Å². The van der Waals surface area contributed by atoms with Crippen molar-refractivity contribution in [1.29, 1.82) is 0 Å². The molecule has 0 bridgehead atoms. The van der Waals surface area contributed by atoms with Crippen LogP contribution in [0.25, 0.3) is 0 Å². The van der Waals surface area contributed by atoms with Gasteiger partial charge in [0, 0.05) is 12.1 Å². The molecule has 1 unspecified atom stereocenters. The van der Waals surface area contributed by atoms with Gasteiger partial charge in [0.05, 0.1) is 14.2 Å². The molecule has 5 heteroatoms. The molecule has 2 rings (SSSR count). The maximum Gasteiger partial charge on any atom is 0.239 e. The summed E-state index contributed by atoms with van der Waals surface area (Å²) in [7, 11) is 3.21. The first-order chi connectivity index (χ1) is 12.1. The van der Waals surface area contributed by atoms with Crippen molar-refractivity contribution in [2.45, 2.75) is 19.0 Å². The molecule has 25 heavy (non-hydrogen) atoms. The van der Waals surface area contributed by atoms with Gasteiger partial charge in [0.15, 0.2) is 11.5 Å². The summed E-state index contributed by atoms with van der Waals surface area (Å²) >= 11 is 0. The minimum Gasteiger partial charge on any atom is -0.493 e. The zero-order chi connectivity index (χ0) is 18.2. The second kappa shape index (κ2) is 8.89. The summed E-state index contributed by atoms with van der Waals surface area (Å²) in [4.78, 5) is 11.8. The summed E-state index contributed by atoms with van der Waals surface area (Å²) < 4.78 is 10.9. The van der Waals surface area contributed by atoms with Crippen LogP contribution in [-0.4, -0.2) is 20.1 Å². The molecule has 0 heterocycles. The van der Waals surface area contributed by atoms with E-state index in [4.69, 9.17) is 15.2 Å². The number of rotatable bonds is 9. The van der Waals surface area contributed by atoms with E-state index in [1.807, 2.05) is 48.5 Å². The third-order valence-corrected chi connectivity index (χ3v) is 3.91. The molecule has 3 N–H and O–H groups in total. The lowest BCUT2D eigenvalue weighted by Gasteiger charge is -2.18. The highest BCUT2D eigenvalue weighted by Gasteiger charge is 2.18. The van der Waals surface area contributed by atoms with Crippen molar-refractivity contribution < 1.29 is 14.3 Å². The Morgan fingerprint density at radius 1 is 1.24 bits per heavy atom. The molecule has 0 aromatic heterocycles. The first-order valence-corrected chi connectivity index (χ1v) is 8.03. The highest BCUT2D eigenvalue weighted by Crippen LogP contribution is 2.33. The van der Waals surface area contributed by atoms with E-state index in [0.29, 0.717) is 24.5 Å². The van der Waals surface area contributed by atoms with E-state index < -0.39 is 11.9 Å². The third-order valence-electron chi connectivity index (χ3n) is 3.91. The van der Waals surface area contributed by atoms with Gasteiger partial charge in [-0.1, -0.05) is 42.5 Å². The standard InChI is InChI=1S/C20H24N2O3/c1-4-8-16-11-14(12-17(24-2)19(16)25-3)13-22-18(20(21)23)15-9-6-5-7-10-15/h4-7,9-12,18,22H,1,8,13H2,2-3H3,(H2,21,23). The zero-order valence-electron chi connectivity index (χ0n) is 14.6. The number of amides is 1. The molecule has 0 saturated carbocycles. The average Bonchev–Trinajstić information content (AvgIpc) is 2.62. The fourth-order valence-electron chi connectivity index (χ4n) is 2.76. The van der Waals surface area contributed by atoms with E-state index in [1.165, 1.54) is 0 Å². The lowest BCUT2D eigenvalue weighted by Crippen LogP contribution is -2.33. The van der Waals surface area contributed by atoms with Crippen molar-refractivity contribution in [3.63, 3.8) is 0 Å². The molecule has 2 aromatic rings. The number of nitrogens with one attached hydrogen (secondary N) is 1. The molecule has 2 aromatic carbocycles. The van der Waals surface area contributed by atoms with Gasteiger partial charge in [0.2, 0.25) is 5.91 Å². The van der Waals surface area contributed by atoms with Gasteiger partial charge in [-0.05, 0) is 23.6 Å². The molecule has 132 valence electrons. The van der Waals surface area contributed by atoms with Gasteiger partial charge in [-0.3, -0.25) is 10.1 Å². The molecule has 1 amide bonds. The number of hydrogen-bond donors (Lipinski definition) is 2. The van der Waals surface area contributed by atoms with Crippen molar-refractivity contribution in [2.75, 3.05) is 14.2 Å². The number of hydrogen-bond acceptors (Lipinski definition) is 4. The van der Waals surface area contributed by atoms with Gasteiger partial charge in [-0.15, -0.1) is 6.58 Å². The maximum atomic E-state index is 11.8. The predicted octanol–water partition coefficient (Wildman–Crippen LogP) is 2.75. The maximum absolute atomic E-state index is 11.8. The van der Waals surface area contributed by atoms with Crippen molar-refractivity contribution in [1.82, 2.24) is 5.32 Å². The number of primary amides is 1. The summed E-state index contributed by atoms with van der Waals surface area (Å²) in [5, 5.41) is 3.21. The number of nitrogens with two attached hydrogens (primary N) is 1. The van der Waals surface area contributed by atoms with Crippen molar-refractivity contribution in [2.24, 2.45) is 5.73 Å². The number of ether oxygens (including phenoxy) is 2. The zero-order valence-corrected chi connectivity index (χ0v) is 14.6. The Kier molecular flexibility index (Phi) is 6.60. The molecular formula is C20H24N2O3. The van der Waals surface area contributed by atoms with Crippen LogP contribution < -0.4 is 20.5 Å². The highest BCUT2D eigenvalue weighted by molar-refractivity contribution is 5.81. The Balaban J connectivity index is 2.25. The number of allylic oxidation sites excluding steroid dienone is 1. The van der Waals surface area contributed by atoms with Gasteiger partial charge in [0.1, 0.15) is 6.04 Å². The number of methoxy groups -OCH3 is 2. The quantitative estimate of drug-likeness (QED) is 0.689. The molecule has 0 aliphatic carbocycles. The van der Waals surface area contributed by atoms with E-state index in [0.717, 1.165) is 16.7 Å². The van der Waals surface area contributed by atoms with Gasteiger partial charge in [-0.25, -0.2) is 0 Å². The van der Waals surface area contributed by atoms with Crippen LogP contribution in [0.4, 0.5) is 0 Å². The highest BCUT2D eigenvalue weighted by atomic mass is 16.5. The van der Waals surface area contributed by atoms with Gasteiger partial charge in [-0.2, -0.15) is 0 Å². The van der Waals surface area contributed by atoms with E-state index in [9.17, 15) is 4.79 Å². The molecule has 1 atom stereocenters. The monoisotopic (exact) mass is 340 g/mol. The second-order valence-electron chi connectivity index (χ2n) is 5.61. The van der Waals surface area contributed by atoms with Gasteiger partial charge in [0.25, 0.3) is 0 Å². The predicted molar refractivity (Wildman–Crippen MR) is 98.7 cm³/mol. The smallest absolute Gasteiger partial charge is 0.239 e. The van der Waals surface area contributed by atoms with Crippen LogP contribution in [-0.2, 0) is 17.8 Å². The Bertz CT molecular complexity index is 729. The lowest BCUT2D eigenvalue weighted by atomic mass is 10.0. The van der Waals surface area contributed by atoms with Gasteiger partial charge >= 0.3 is 0 Å². The minimum absolute atomic E-state index is 0.419. The Morgan fingerprint density at radius 3 is 2.52 bits per heavy atom. The Morgan fingerprint density at radius 2 is 1.96 bits per heavy atom. The number of carbonyl (C=O) groups excluding carboxylic acids is 1. The van der Waals surface area contributed by atoms with Gasteiger partial charge < -0.3 is 15.2 Å². The van der Waals surface area contributed by atoms with Crippen molar-refractivity contribution in [3.8, 4) is 11.5 Å². The first kappa shape index (κ1) is 18.5. The number of carbonyl (C=O) groups is 1. The summed E-state index contributed by atoms with van der Waals surface area (Å²) in [5.74, 6) is 0.924. The fraction of sp³-hybridized carbons (Fsp3) is 0.250. The van der Waals surface area contributed by atoms with Crippen LogP contribution in [0.5, 0.6) is 11.5 Å². The van der Waals surface area contributed by atoms with Crippen LogP contribution in [0.2, 0.25) is 0 Å². The molecule has 0 aliphatic heterocycles. The minimum atomic E-state index is -0.558. The summed E-state index contributed by atoms with van der Waals surface area (Å²) in [6.45, 7) is 4.25. The summed E-state index contributed by atoms with van der Waals surface area (Å²) in [6.07, 6.45) is 2.47. The van der Waals surface area contributed by atoms with E-state index in [2.05, 4.69) is 11.9 Å². The summed E-state index contributed by atoms with van der Waals surface area (Å²) in [5.41, 5.74) is 8.33. The second-order valence-corrected chi connectivity index (χ2v) is 5.61. The summed E-state index contributed by atoms with van der Waals surface area (Å²) in [6, 6.07) is 12.8. The molecule has 0 radical (unpaired) electrons. The molecule has 0 aliphatic rings. The normalized spacial score (nSPS) is 11.6. The topological polar surface area (TPSA) is 73.6 Å². The molecule has 0 saturated heterocycles. The molecule has 5 nitrogen and oxygen atoms in total. The third kappa shape index (κ3) is 4.61. The molecule has 0 spiro atoms. The van der Waals surface area contributed by atoms with Crippen molar-refractivity contribution >= 4 is 5.91 Å². The Hall–Kier alpha value is -2.79. The average molecular weight is 340 g/mol. The largest absolute Gasteiger partial charge is 0.493 e. The molecule has 0 fully saturated rings. The van der Waals surface area contributed by atoms with Crippen LogP contribution >= 0.6 is 0 Å². The van der Waals surface area contributed by atoms with E-state index >= 15 is 0 Å². The number of benzene rings is 2. The first-order valence-electron chi connectivity index (χ1n) is 8.03. The van der Waals surface area contributed by atoms with Crippen LogP contribution in [0.3, 0.4) is 0 Å². The molecular weight excluding hydrogens is 316 g/mol. The fourth-order valence-corrected chi connectivity index (χ4v) is 2.76. The lowest BCUT2D eigenvalue weighted by molar-refractivity contribution is -0.120. The van der Waals surface area contributed by atoms with Crippen molar-refractivity contribution in [3.05, 3.63) is 71.8 Å².